The molecular formula is C21H25N3O6S. The number of amides is 1. The Hall–Kier alpha value is -2.95. The van der Waals surface area contributed by atoms with Gasteiger partial charge in [0.25, 0.3) is 5.91 Å². The van der Waals surface area contributed by atoms with E-state index in [0.717, 1.165) is 19.5 Å². The van der Waals surface area contributed by atoms with Gasteiger partial charge in [-0.1, -0.05) is 18.2 Å². The van der Waals surface area contributed by atoms with Crippen LogP contribution in [0.3, 0.4) is 0 Å². The number of hydrogen-bond acceptors (Lipinski definition) is 6. The first-order valence-electron chi connectivity index (χ1n) is 9.87. The van der Waals surface area contributed by atoms with Crippen LogP contribution in [0.5, 0.6) is 5.75 Å². The Morgan fingerprint density at radius 2 is 1.77 bits per heavy atom. The van der Waals surface area contributed by atoms with Crippen LogP contribution in [0.25, 0.3) is 0 Å². The summed E-state index contributed by atoms with van der Waals surface area (Å²) in [6, 6.07) is 12.4. The summed E-state index contributed by atoms with van der Waals surface area (Å²) in [4.78, 5) is 23.8. The SMILES string of the molecule is O=C(NCC(NS(=O)(=O)c1ccccc1)C(=O)O)c1ccc(OCCC2CNC2)cc1. The fraction of sp³-hybridized carbons (Fsp3) is 0.333. The molecule has 0 radical (unpaired) electrons. The van der Waals surface area contributed by atoms with E-state index in [-0.39, 0.29) is 4.90 Å². The van der Waals surface area contributed by atoms with Crippen LogP contribution < -0.4 is 20.1 Å². The standard InChI is InChI=1S/C21H25N3O6S/c25-20(16-6-8-17(9-7-16)30-11-10-15-12-22-13-15)23-14-19(21(26)27)24-31(28,29)18-4-2-1-3-5-18/h1-9,15,19,22,24H,10-14H2,(H,23,25)(H,26,27). The van der Waals surface area contributed by atoms with Crippen LogP contribution in [0, 0.1) is 5.92 Å². The topological polar surface area (TPSA) is 134 Å². The molecule has 4 N–H and O–H groups in total. The summed E-state index contributed by atoms with van der Waals surface area (Å²) in [6.07, 6.45) is 0.963. The van der Waals surface area contributed by atoms with Gasteiger partial charge in [0.2, 0.25) is 10.0 Å². The van der Waals surface area contributed by atoms with Gasteiger partial charge in [-0.05, 0) is 61.8 Å². The van der Waals surface area contributed by atoms with Crippen LogP contribution in [-0.2, 0) is 14.8 Å². The molecule has 1 unspecified atom stereocenters. The average molecular weight is 448 g/mol. The maximum Gasteiger partial charge on any atom is 0.323 e. The third kappa shape index (κ3) is 6.51. The van der Waals surface area contributed by atoms with Gasteiger partial charge in [-0.25, -0.2) is 8.42 Å². The van der Waals surface area contributed by atoms with Crippen molar-refractivity contribution in [3.63, 3.8) is 0 Å². The van der Waals surface area contributed by atoms with Gasteiger partial charge in [0.1, 0.15) is 11.8 Å². The van der Waals surface area contributed by atoms with Crippen molar-refractivity contribution in [2.24, 2.45) is 5.92 Å². The second-order valence-electron chi connectivity index (χ2n) is 7.22. The maximum absolute atomic E-state index is 12.3. The van der Waals surface area contributed by atoms with Gasteiger partial charge >= 0.3 is 5.97 Å². The molecule has 2 aromatic carbocycles. The van der Waals surface area contributed by atoms with E-state index in [2.05, 4.69) is 15.4 Å². The zero-order valence-corrected chi connectivity index (χ0v) is 17.6. The molecule has 1 aliphatic heterocycles. The van der Waals surface area contributed by atoms with Crippen LogP contribution in [0.15, 0.2) is 59.5 Å². The van der Waals surface area contributed by atoms with Gasteiger partial charge in [-0.15, -0.1) is 0 Å². The Morgan fingerprint density at radius 1 is 1.10 bits per heavy atom. The maximum atomic E-state index is 12.3. The smallest absolute Gasteiger partial charge is 0.323 e. The lowest BCUT2D eigenvalue weighted by atomic mass is 10.0. The van der Waals surface area contributed by atoms with Crippen LogP contribution in [-0.4, -0.2) is 57.7 Å². The van der Waals surface area contributed by atoms with Gasteiger partial charge in [0.15, 0.2) is 0 Å². The Balaban J connectivity index is 1.51. The zero-order chi connectivity index (χ0) is 22.3. The first kappa shape index (κ1) is 22.7. The molecule has 1 aliphatic rings. The van der Waals surface area contributed by atoms with Crippen LogP contribution >= 0.6 is 0 Å². The van der Waals surface area contributed by atoms with Gasteiger partial charge in [0.05, 0.1) is 11.5 Å². The highest BCUT2D eigenvalue weighted by molar-refractivity contribution is 7.89. The van der Waals surface area contributed by atoms with Gasteiger partial charge < -0.3 is 20.5 Å². The number of rotatable bonds is 11. The Kier molecular flexibility index (Phi) is 7.61. The number of ether oxygens (including phenoxy) is 1. The van der Waals surface area contributed by atoms with E-state index in [1.54, 1.807) is 30.3 Å². The molecule has 0 spiro atoms. The second kappa shape index (κ2) is 10.4. The minimum absolute atomic E-state index is 0.0586. The fourth-order valence-electron chi connectivity index (χ4n) is 2.93. The molecule has 0 bridgehead atoms. The lowest BCUT2D eigenvalue weighted by Gasteiger charge is -2.26. The molecule has 166 valence electrons. The fourth-order valence-corrected chi connectivity index (χ4v) is 4.14. The number of aliphatic carboxylic acids is 1. The summed E-state index contributed by atoms with van der Waals surface area (Å²) >= 11 is 0. The van der Waals surface area contributed by atoms with Crippen LogP contribution in [0.2, 0.25) is 0 Å². The largest absolute Gasteiger partial charge is 0.494 e. The normalized spacial score (nSPS) is 15.0. The predicted molar refractivity (Wildman–Crippen MR) is 113 cm³/mol. The summed E-state index contributed by atoms with van der Waals surface area (Å²) in [7, 11) is -4.04. The highest BCUT2D eigenvalue weighted by Gasteiger charge is 2.26. The summed E-state index contributed by atoms with van der Waals surface area (Å²) in [5, 5.41) is 15.0. The molecule has 1 fully saturated rings. The Morgan fingerprint density at radius 3 is 2.35 bits per heavy atom. The van der Waals surface area contributed by atoms with E-state index in [0.29, 0.717) is 23.8 Å². The van der Waals surface area contributed by atoms with E-state index in [9.17, 15) is 23.1 Å². The molecular weight excluding hydrogens is 422 g/mol. The molecule has 9 nitrogen and oxygen atoms in total. The van der Waals surface area contributed by atoms with Crippen LogP contribution in [0.4, 0.5) is 0 Å². The third-order valence-electron chi connectivity index (χ3n) is 4.89. The molecule has 2 aromatic rings. The van der Waals surface area contributed by atoms with E-state index in [1.165, 1.54) is 24.3 Å². The lowest BCUT2D eigenvalue weighted by molar-refractivity contribution is -0.138. The van der Waals surface area contributed by atoms with Gasteiger partial charge in [-0.2, -0.15) is 4.72 Å². The van der Waals surface area contributed by atoms with Crippen molar-refractivity contribution in [1.29, 1.82) is 0 Å². The highest BCUT2D eigenvalue weighted by Crippen LogP contribution is 2.15. The number of benzene rings is 2. The minimum Gasteiger partial charge on any atom is -0.494 e. The molecule has 3 rings (SSSR count). The summed E-state index contributed by atoms with van der Waals surface area (Å²) in [6.45, 7) is 2.22. The van der Waals surface area contributed by atoms with Crippen molar-refractivity contribution >= 4 is 21.9 Å². The first-order chi connectivity index (χ1) is 14.8. The van der Waals surface area contributed by atoms with E-state index < -0.39 is 34.5 Å². The molecule has 1 atom stereocenters. The summed E-state index contributed by atoms with van der Waals surface area (Å²) in [5.41, 5.74) is 0.311. The van der Waals surface area contributed by atoms with Crippen molar-refractivity contribution in [1.82, 2.24) is 15.4 Å². The van der Waals surface area contributed by atoms with Gasteiger partial charge in [0, 0.05) is 12.1 Å². The predicted octanol–water partition coefficient (Wildman–Crippen LogP) is 0.836. The number of carbonyl (C=O) groups is 2. The Bertz CT molecular complexity index is 992. The Labute approximate surface area is 180 Å². The number of carboxylic acids is 1. The average Bonchev–Trinajstić information content (AvgIpc) is 2.73. The monoisotopic (exact) mass is 447 g/mol. The number of nitrogens with one attached hydrogen (secondary N) is 3. The quantitative estimate of drug-likeness (QED) is 0.401. The van der Waals surface area contributed by atoms with Gasteiger partial charge in [-0.3, -0.25) is 9.59 Å². The summed E-state index contributed by atoms with van der Waals surface area (Å²) in [5.74, 6) is -0.628. The van der Waals surface area contributed by atoms with Crippen molar-refractivity contribution in [2.75, 3.05) is 26.2 Å². The second-order valence-corrected chi connectivity index (χ2v) is 8.93. The van der Waals surface area contributed by atoms with E-state index in [1.807, 2.05) is 0 Å². The molecule has 31 heavy (non-hydrogen) atoms. The molecule has 1 saturated heterocycles. The zero-order valence-electron chi connectivity index (χ0n) is 16.8. The molecule has 0 saturated carbocycles. The number of carbonyl (C=O) groups excluding carboxylic acids is 1. The molecule has 0 aliphatic carbocycles. The lowest BCUT2D eigenvalue weighted by Crippen LogP contribution is -2.48. The molecule has 1 heterocycles. The number of sulfonamides is 1. The third-order valence-corrected chi connectivity index (χ3v) is 6.38. The molecule has 10 heteroatoms. The highest BCUT2D eigenvalue weighted by atomic mass is 32.2. The van der Waals surface area contributed by atoms with Crippen molar-refractivity contribution < 1.29 is 27.9 Å². The van der Waals surface area contributed by atoms with Crippen molar-refractivity contribution in [3.05, 3.63) is 60.2 Å². The minimum atomic E-state index is -4.04. The van der Waals surface area contributed by atoms with E-state index in [4.69, 9.17) is 4.74 Å². The first-order valence-corrected chi connectivity index (χ1v) is 11.4. The number of carboxylic acid groups (broad SMARTS) is 1. The molecule has 0 aromatic heterocycles. The van der Waals surface area contributed by atoms with Crippen molar-refractivity contribution in [3.8, 4) is 5.75 Å². The van der Waals surface area contributed by atoms with Crippen molar-refractivity contribution in [2.45, 2.75) is 17.4 Å². The van der Waals surface area contributed by atoms with Crippen LogP contribution in [0.1, 0.15) is 16.8 Å². The van der Waals surface area contributed by atoms with E-state index >= 15 is 0 Å². The number of hydrogen-bond donors (Lipinski definition) is 4. The molecule has 1 amide bonds. The summed E-state index contributed by atoms with van der Waals surface area (Å²) < 4.78 is 32.5.